The molecule has 0 saturated heterocycles. The molecule has 0 radical (unpaired) electrons. The van der Waals surface area contributed by atoms with Crippen molar-refractivity contribution in [3.05, 3.63) is 102 Å². The number of ether oxygens (including phenoxy) is 1. The van der Waals surface area contributed by atoms with Crippen LogP contribution in [0.4, 0.5) is 16.3 Å². The molecular weight excluding hydrogens is 550 g/mol. The molecule has 3 aromatic carbocycles. The van der Waals surface area contributed by atoms with E-state index in [4.69, 9.17) is 21.4 Å². The van der Waals surface area contributed by atoms with E-state index in [2.05, 4.69) is 36.4 Å². The van der Waals surface area contributed by atoms with Crippen LogP contribution in [0.3, 0.4) is 0 Å². The summed E-state index contributed by atoms with van der Waals surface area (Å²) in [6, 6.07) is 24.2. The number of pyridine rings is 1. The van der Waals surface area contributed by atoms with Crippen molar-refractivity contribution in [2.75, 3.05) is 16.5 Å². The molecule has 9 heteroatoms. The zero-order chi connectivity index (χ0) is 29.9. The van der Waals surface area contributed by atoms with Gasteiger partial charge >= 0.3 is 6.03 Å². The van der Waals surface area contributed by atoms with Crippen LogP contribution in [0.15, 0.2) is 85.1 Å². The first-order valence-corrected chi connectivity index (χ1v) is 14.1. The van der Waals surface area contributed by atoms with Gasteiger partial charge in [0.25, 0.3) is 0 Å². The molecule has 2 amide bonds. The van der Waals surface area contributed by atoms with E-state index in [1.54, 1.807) is 35.1 Å². The van der Waals surface area contributed by atoms with Crippen molar-refractivity contribution in [1.29, 1.82) is 0 Å². The number of nitrogens with one attached hydrogen (secondary N) is 2. The smallest absolute Gasteiger partial charge is 0.324 e. The van der Waals surface area contributed by atoms with Crippen LogP contribution in [0.25, 0.3) is 16.5 Å². The number of urea groups is 1. The normalized spacial score (nSPS) is 11.4. The van der Waals surface area contributed by atoms with Gasteiger partial charge in [-0.2, -0.15) is 5.10 Å². The molecule has 214 valence electrons. The van der Waals surface area contributed by atoms with Crippen molar-refractivity contribution >= 4 is 45.7 Å². The Morgan fingerprint density at radius 1 is 0.929 bits per heavy atom. The second kappa shape index (κ2) is 12.0. The second-order valence-corrected chi connectivity index (χ2v) is 11.3. The number of carbonyl (C=O) groups is 2. The highest BCUT2D eigenvalue weighted by molar-refractivity contribution is 6.27. The van der Waals surface area contributed by atoms with E-state index >= 15 is 0 Å². The number of rotatable bonds is 8. The van der Waals surface area contributed by atoms with Gasteiger partial charge in [-0.3, -0.25) is 15.1 Å². The fourth-order valence-electron chi connectivity index (χ4n) is 4.45. The molecule has 0 saturated carbocycles. The Morgan fingerprint density at radius 3 is 2.38 bits per heavy atom. The third-order valence-corrected chi connectivity index (χ3v) is 6.97. The minimum Gasteiger partial charge on any atom is -0.457 e. The number of alkyl halides is 1. The molecule has 2 aromatic heterocycles. The zero-order valence-electron chi connectivity index (χ0n) is 23.9. The quantitative estimate of drug-likeness (QED) is 0.182. The van der Waals surface area contributed by atoms with Gasteiger partial charge in [-0.15, -0.1) is 11.6 Å². The zero-order valence-corrected chi connectivity index (χ0v) is 24.7. The van der Waals surface area contributed by atoms with Gasteiger partial charge in [0.2, 0.25) is 0 Å². The highest BCUT2D eigenvalue weighted by Crippen LogP contribution is 2.35. The highest BCUT2D eigenvalue weighted by Gasteiger charge is 2.22. The van der Waals surface area contributed by atoms with Crippen molar-refractivity contribution in [3.63, 3.8) is 0 Å². The molecule has 5 aromatic rings. The molecule has 0 spiro atoms. The number of fused-ring (bicyclic) bond motifs is 1. The summed E-state index contributed by atoms with van der Waals surface area (Å²) in [6.07, 6.45) is 1.74. The molecular formula is C33H32ClN5O3. The van der Waals surface area contributed by atoms with Crippen LogP contribution in [-0.4, -0.2) is 32.5 Å². The van der Waals surface area contributed by atoms with Crippen LogP contribution in [-0.2, 0) is 16.6 Å². The lowest BCUT2D eigenvalue weighted by Crippen LogP contribution is -2.21. The van der Waals surface area contributed by atoms with Gasteiger partial charge in [0, 0.05) is 34.5 Å². The fourth-order valence-corrected chi connectivity index (χ4v) is 4.55. The van der Waals surface area contributed by atoms with E-state index in [0.29, 0.717) is 28.7 Å². The summed E-state index contributed by atoms with van der Waals surface area (Å²) in [5.41, 5.74) is 3.85. The Kier molecular flexibility index (Phi) is 8.27. The second-order valence-electron chi connectivity index (χ2n) is 11.1. The summed E-state index contributed by atoms with van der Waals surface area (Å²) >= 11 is 5.65. The van der Waals surface area contributed by atoms with Gasteiger partial charge in [0.05, 0.1) is 35.1 Å². The number of hydrogen-bond donors (Lipinski definition) is 2. The minimum atomic E-state index is -0.398. The van der Waals surface area contributed by atoms with Crippen molar-refractivity contribution in [1.82, 2.24) is 14.8 Å². The number of benzene rings is 3. The van der Waals surface area contributed by atoms with E-state index in [9.17, 15) is 9.59 Å². The van der Waals surface area contributed by atoms with E-state index < -0.39 is 6.03 Å². The summed E-state index contributed by atoms with van der Waals surface area (Å²) in [7, 11) is 0. The number of aryl methyl sites for hydroxylation is 1. The summed E-state index contributed by atoms with van der Waals surface area (Å²) in [5.74, 6) is 1.53. The Labute approximate surface area is 249 Å². The van der Waals surface area contributed by atoms with Crippen molar-refractivity contribution in [2.45, 2.75) is 39.5 Å². The topological polar surface area (TPSA) is 98.1 Å². The van der Waals surface area contributed by atoms with E-state index in [-0.39, 0.29) is 23.5 Å². The van der Waals surface area contributed by atoms with Gasteiger partial charge in [0.15, 0.2) is 5.78 Å². The van der Waals surface area contributed by atoms with Crippen LogP contribution in [0, 0.1) is 6.92 Å². The molecule has 0 aliphatic heterocycles. The van der Waals surface area contributed by atoms with Crippen LogP contribution < -0.4 is 15.4 Å². The average molecular weight is 582 g/mol. The first-order valence-electron chi connectivity index (χ1n) is 13.6. The third-order valence-electron chi connectivity index (χ3n) is 6.67. The summed E-state index contributed by atoms with van der Waals surface area (Å²) < 4.78 is 7.93. The van der Waals surface area contributed by atoms with E-state index in [1.807, 2.05) is 61.5 Å². The minimum absolute atomic E-state index is 0.0640. The summed E-state index contributed by atoms with van der Waals surface area (Å²) in [4.78, 5) is 29.3. The number of aromatic nitrogens is 3. The SMILES string of the molecule is Cc1ccc(-n2nc(C(C)(C)C)cc2NC(=O)Nc2ccc(Oc3ccnc(CC(=O)CCl)c3)c3ccccc23)cc1. The predicted molar refractivity (Wildman–Crippen MR) is 167 cm³/mol. The van der Waals surface area contributed by atoms with Crippen LogP contribution in [0.2, 0.25) is 0 Å². The molecule has 0 bridgehead atoms. The van der Waals surface area contributed by atoms with Gasteiger partial charge in [-0.1, -0.05) is 62.7 Å². The van der Waals surface area contributed by atoms with Gasteiger partial charge in [-0.25, -0.2) is 9.48 Å². The molecule has 8 nitrogen and oxygen atoms in total. The Morgan fingerprint density at radius 2 is 1.67 bits per heavy atom. The molecule has 0 fully saturated rings. The number of Topliss-reactive ketones (excluding diaryl/α,β-unsaturated/α-hetero) is 1. The molecule has 5 rings (SSSR count). The number of ketones is 1. The number of amides is 2. The molecule has 2 N–H and O–H groups in total. The number of hydrogen-bond acceptors (Lipinski definition) is 5. The van der Waals surface area contributed by atoms with Crippen molar-refractivity contribution in [2.24, 2.45) is 0 Å². The first kappa shape index (κ1) is 28.8. The molecule has 0 atom stereocenters. The summed E-state index contributed by atoms with van der Waals surface area (Å²) in [6.45, 7) is 8.28. The lowest BCUT2D eigenvalue weighted by atomic mass is 9.92. The molecule has 0 aliphatic carbocycles. The number of nitrogens with zero attached hydrogens (tertiary/aromatic N) is 3. The highest BCUT2D eigenvalue weighted by atomic mass is 35.5. The Hall–Kier alpha value is -4.69. The standard InChI is InChI=1S/C33H32ClN5O3/c1-21-9-11-23(12-10-21)39-31(19-30(38-39)33(2,3)4)37-32(41)36-28-13-14-29(27-8-6-5-7-26(27)28)42-25-15-16-35-22(18-25)17-24(40)20-34/h5-16,18-19H,17,20H2,1-4H3,(H2,36,37,41). The maximum atomic E-state index is 13.3. The summed E-state index contributed by atoms with van der Waals surface area (Å²) in [5, 5.41) is 12.4. The molecule has 0 unspecified atom stereocenters. The average Bonchev–Trinajstić information content (AvgIpc) is 3.39. The van der Waals surface area contributed by atoms with E-state index in [0.717, 1.165) is 27.7 Å². The maximum Gasteiger partial charge on any atom is 0.324 e. The largest absolute Gasteiger partial charge is 0.457 e. The number of carbonyl (C=O) groups excluding carboxylic acids is 2. The van der Waals surface area contributed by atoms with Crippen LogP contribution in [0.1, 0.15) is 37.7 Å². The van der Waals surface area contributed by atoms with Crippen molar-refractivity contribution < 1.29 is 14.3 Å². The van der Waals surface area contributed by atoms with Gasteiger partial charge < -0.3 is 10.1 Å². The molecule has 42 heavy (non-hydrogen) atoms. The van der Waals surface area contributed by atoms with Gasteiger partial charge in [-0.05, 0) is 37.3 Å². The fraction of sp³-hybridized carbons (Fsp3) is 0.212. The first-order chi connectivity index (χ1) is 20.1. The molecule has 0 aliphatic rings. The predicted octanol–water partition coefficient (Wildman–Crippen LogP) is 7.81. The Bertz CT molecular complexity index is 1760. The van der Waals surface area contributed by atoms with Crippen LogP contribution in [0.5, 0.6) is 11.5 Å². The van der Waals surface area contributed by atoms with Gasteiger partial charge in [0.1, 0.15) is 17.3 Å². The monoisotopic (exact) mass is 581 g/mol. The van der Waals surface area contributed by atoms with Crippen LogP contribution >= 0.6 is 11.6 Å². The third kappa shape index (κ3) is 6.61. The number of halogens is 1. The van der Waals surface area contributed by atoms with E-state index in [1.165, 1.54) is 0 Å². The maximum absolute atomic E-state index is 13.3. The lowest BCUT2D eigenvalue weighted by Gasteiger charge is -2.14. The number of anilines is 2. The lowest BCUT2D eigenvalue weighted by molar-refractivity contribution is -0.116. The van der Waals surface area contributed by atoms with Crippen molar-refractivity contribution in [3.8, 4) is 17.2 Å². The Balaban J connectivity index is 1.40. The molecule has 2 heterocycles.